The number of unbranched alkanes of at least 4 members (excludes halogenated alkanes) is 2. The number of rotatable bonds is 7. The van der Waals surface area contributed by atoms with Gasteiger partial charge in [-0.2, -0.15) is 0 Å². The molecule has 4 nitrogen and oxygen atoms in total. The van der Waals surface area contributed by atoms with Crippen molar-refractivity contribution in [2.75, 3.05) is 24.3 Å². The summed E-state index contributed by atoms with van der Waals surface area (Å²) in [7, 11) is 1.39. The summed E-state index contributed by atoms with van der Waals surface area (Å²) in [5.41, 5.74) is 8.07. The third kappa shape index (κ3) is 3.89. The zero-order chi connectivity index (χ0) is 15.1. The quantitative estimate of drug-likeness (QED) is 0.471. The van der Waals surface area contributed by atoms with E-state index in [9.17, 15) is 4.79 Å². The van der Waals surface area contributed by atoms with E-state index >= 15 is 0 Å². The van der Waals surface area contributed by atoms with E-state index in [1.165, 1.54) is 20.0 Å². The van der Waals surface area contributed by atoms with E-state index in [1.54, 1.807) is 12.1 Å². The highest BCUT2D eigenvalue weighted by atomic mass is 16.5. The van der Waals surface area contributed by atoms with Gasteiger partial charge in [0.25, 0.3) is 0 Å². The molecular weight excluding hydrogens is 252 g/mol. The van der Waals surface area contributed by atoms with Crippen LogP contribution in [0.25, 0.3) is 0 Å². The maximum absolute atomic E-state index is 11.9. The zero-order valence-corrected chi connectivity index (χ0v) is 13.0. The summed E-state index contributed by atoms with van der Waals surface area (Å²) in [6, 6.07) is 5.67. The van der Waals surface area contributed by atoms with Crippen molar-refractivity contribution >= 4 is 17.3 Å². The molecule has 1 aromatic carbocycles. The molecule has 2 N–H and O–H groups in total. The molecule has 0 spiro atoms. The van der Waals surface area contributed by atoms with E-state index in [-0.39, 0.29) is 12.0 Å². The van der Waals surface area contributed by atoms with Crippen molar-refractivity contribution in [3.8, 4) is 0 Å². The fourth-order valence-electron chi connectivity index (χ4n) is 2.32. The van der Waals surface area contributed by atoms with E-state index in [1.807, 2.05) is 6.07 Å². The number of carbonyl (C=O) groups excluding carboxylic acids is 1. The van der Waals surface area contributed by atoms with E-state index in [0.29, 0.717) is 11.3 Å². The van der Waals surface area contributed by atoms with Crippen molar-refractivity contribution in [3.63, 3.8) is 0 Å². The molecule has 0 saturated heterocycles. The van der Waals surface area contributed by atoms with E-state index < -0.39 is 0 Å². The second-order valence-corrected chi connectivity index (χ2v) is 5.23. The summed E-state index contributed by atoms with van der Waals surface area (Å²) in [4.78, 5) is 14.1. The molecule has 1 aromatic rings. The molecule has 0 amide bonds. The Balaban J connectivity index is 3.14. The molecule has 0 fully saturated rings. The number of hydrogen-bond donors (Lipinski definition) is 1. The second-order valence-electron chi connectivity index (χ2n) is 5.23. The fourth-order valence-corrected chi connectivity index (χ4v) is 2.32. The Kier molecular flexibility index (Phi) is 6.36. The van der Waals surface area contributed by atoms with Crippen LogP contribution in [0.5, 0.6) is 0 Å². The number of anilines is 2. The number of nitrogens with two attached hydrogens (primary N) is 1. The van der Waals surface area contributed by atoms with Gasteiger partial charge in [0, 0.05) is 12.6 Å². The average molecular weight is 278 g/mol. The second kappa shape index (κ2) is 7.78. The molecule has 0 unspecified atom stereocenters. The van der Waals surface area contributed by atoms with Crippen LogP contribution in [0.3, 0.4) is 0 Å². The lowest BCUT2D eigenvalue weighted by Gasteiger charge is -2.31. The van der Waals surface area contributed by atoms with Gasteiger partial charge in [0.05, 0.1) is 24.0 Å². The number of benzene rings is 1. The van der Waals surface area contributed by atoms with Gasteiger partial charge in [-0.3, -0.25) is 0 Å². The number of ether oxygens (including phenoxy) is 1. The summed E-state index contributed by atoms with van der Waals surface area (Å²) in [5, 5.41) is 0. The SMILES string of the molecule is CCCCCN(c1c(N)cccc1C(=O)OC)C(C)C. The van der Waals surface area contributed by atoms with E-state index in [2.05, 4.69) is 25.7 Å². The first-order chi connectivity index (χ1) is 9.52. The summed E-state index contributed by atoms with van der Waals surface area (Å²) >= 11 is 0. The van der Waals surface area contributed by atoms with Crippen LogP contribution in [0.15, 0.2) is 18.2 Å². The van der Waals surface area contributed by atoms with Gasteiger partial charge in [0.2, 0.25) is 0 Å². The van der Waals surface area contributed by atoms with Crippen LogP contribution in [-0.2, 0) is 4.74 Å². The lowest BCUT2D eigenvalue weighted by Crippen LogP contribution is -2.34. The Morgan fingerprint density at radius 1 is 1.35 bits per heavy atom. The first-order valence-corrected chi connectivity index (χ1v) is 7.26. The lowest BCUT2D eigenvalue weighted by atomic mass is 10.1. The minimum Gasteiger partial charge on any atom is -0.465 e. The third-order valence-electron chi connectivity index (χ3n) is 3.39. The molecule has 4 heteroatoms. The van der Waals surface area contributed by atoms with E-state index in [4.69, 9.17) is 10.5 Å². The summed E-state index contributed by atoms with van der Waals surface area (Å²) in [5.74, 6) is -0.339. The van der Waals surface area contributed by atoms with Crippen LogP contribution < -0.4 is 10.6 Å². The molecule has 0 bridgehead atoms. The van der Waals surface area contributed by atoms with Crippen LogP contribution in [-0.4, -0.2) is 25.7 Å². The largest absolute Gasteiger partial charge is 0.465 e. The van der Waals surface area contributed by atoms with Crippen molar-refractivity contribution in [2.45, 2.75) is 46.1 Å². The smallest absolute Gasteiger partial charge is 0.340 e. The summed E-state index contributed by atoms with van der Waals surface area (Å²) in [6.45, 7) is 7.29. The topological polar surface area (TPSA) is 55.6 Å². The highest BCUT2D eigenvalue weighted by Crippen LogP contribution is 2.30. The van der Waals surface area contributed by atoms with Crippen LogP contribution in [0.1, 0.15) is 50.4 Å². The number of nitrogens with zero attached hydrogens (tertiary/aromatic N) is 1. The van der Waals surface area contributed by atoms with Gasteiger partial charge in [-0.25, -0.2) is 4.79 Å². The van der Waals surface area contributed by atoms with Crippen LogP contribution >= 0.6 is 0 Å². The summed E-state index contributed by atoms with van der Waals surface area (Å²) < 4.78 is 4.87. The van der Waals surface area contributed by atoms with Gasteiger partial charge in [-0.05, 0) is 32.4 Å². The zero-order valence-electron chi connectivity index (χ0n) is 13.0. The van der Waals surface area contributed by atoms with Gasteiger partial charge in [0.15, 0.2) is 0 Å². The van der Waals surface area contributed by atoms with Gasteiger partial charge in [-0.15, -0.1) is 0 Å². The average Bonchev–Trinajstić information content (AvgIpc) is 2.43. The highest BCUT2D eigenvalue weighted by Gasteiger charge is 2.21. The number of hydrogen-bond acceptors (Lipinski definition) is 4. The number of carbonyl (C=O) groups is 1. The Hall–Kier alpha value is -1.71. The van der Waals surface area contributed by atoms with Gasteiger partial charge in [-0.1, -0.05) is 25.8 Å². The summed E-state index contributed by atoms with van der Waals surface area (Å²) in [6.07, 6.45) is 3.42. The molecule has 112 valence electrons. The number of para-hydroxylation sites is 1. The number of methoxy groups -OCH3 is 1. The molecule has 0 aliphatic carbocycles. The standard InChI is InChI=1S/C16H26N2O2/c1-5-6-7-11-18(12(2)3)15-13(16(19)20-4)9-8-10-14(15)17/h8-10,12H,5-7,11,17H2,1-4H3. The Labute approximate surface area is 121 Å². The minimum atomic E-state index is -0.339. The molecule has 0 aliphatic heterocycles. The fraction of sp³-hybridized carbons (Fsp3) is 0.562. The Morgan fingerprint density at radius 2 is 2.05 bits per heavy atom. The normalized spacial score (nSPS) is 10.7. The Bertz CT molecular complexity index is 444. The Morgan fingerprint density at radius 3 is 2.60 bits per heavy atom. The highest BCUT2D eigenvalue weighted by molar-refractivity contribution is 5.99. The van der Waals surface area contributed by atoms with E-state index in [0.717, 1.165) is 18.7 Å². The molecular formula is C16H26N2O2. The molecule has 0 atom stereocenters. The van der Waals surface area contributed by atoms with Crippen molar-refractivity contribution in [3.05, 3.63) is 23.8 Å². The van der Waals surface area contributed by atoms with Crippen molar-refractivity contribution in [2.24, 2.45) is 0 Å². The van der Waals surface area contributed by atoms with Gasteiger partial charge in [0.1, 0.15) is 0 Å². The number of nitrogen functional groups attached to an aromatic ring is 1. The predicted molar refractivity (Wildman–Crippen MR) is 84.2 cm³/mol. The maximum Gasteiger partial charge on any atom is 0.340 e. The molecule has 0 radical (unpaired) electrons. The molecule has 20 heavy (non-hydrogen) atoms. The van der Waals surface area contributed by atoms with Crippen LogP contribution in [0.2, 0.25) is 0 Å². The van der Waals surface area contributed by atoms with Crippen molar-refractivity contribution in [1.82, 2.24) is 0 Å². The van der Waals surface area contributed by atoms with Crippen molar-refractivity contribution in [1.29, 1.82) is 0 Å². The van der Waals surface area contributed by atoms with Gasteiger partial charge < -0.3 is 15.4 Å². The first kappa shape index (κ1) is 16.3. The van der Waals surface area contributed by atoms with Gasteiger partial charge >= 0.3 is 5.97 Å². The van der Waals surface area contributed by atoms with Crippen LogP contribution in [0.4, 0.5) is 11.4 Å². The molecule has 0 aromatic heterocycles. The van der Waals surface area contributed by atoms with Crippen LogP contribution in [0, 0.1) is 0 Å². The predicted octanol–water partition coefficient (Wildman–Crippen LogP) is 3.46. The molecule has 0 saturated carbocycles. The minimum absolute atomic E-state index is 0.278. The third-order valence-corrected chi connectivity index (χ3v) is 3.39. The monoisotopic (exact) mass is 278 g/mol. The molecule has 1 rings (SSSR count). The lowest BCUT2D eigenvalue weighted by molar-refractivity contribution is 0.0601. The van der Waals surface area contributed by atoms with Crippen molar-refractivity contribution < 1.29 is 9.53 Å². The maximum atomic E-state index is 11.9. The molecule has 0 heterocycles. The molecule has 0 aliphatic rings. The number of esters is 1. The first-order valence-electron chi connectivity index (χ1n) is 7.26.